The second-order valence-electron chi connectivity index (χ2n) is 4.68. The maximum atomic E-state index is 3.72. The molecule has 0 amide bonds. The molecule has 0 radical (unpaired) electrons. The molecule has 0 aromatic heterocycles. The second-order valence-corrected chi connectivity index (χ2v) is 4.68. The first-order valence-corrected chi connectivity index (χ1v) is 5.78. The monoisotopic (exact) mass is 202 g/mol. The van der Waals surface area contributed by atoms with Crippen molar-refractivity contribution in [2.45, 2.75) is 39.5 Å². The van der Waals surface area contributed by atoms with E-state index in [4.69, 9.17) is 0 Å². The van der Waals surface area contributed by atoms with Crippen molar-refractivity contribution in [1.82, 2.24) is 0 Å². The van der Waals surface area contributed by atoms with Crippen LogP contribution in [0, 0.1) is 5.41 Å². The minimum atomic E-state index is 0.337. The summed E-state index contributed by atoms with van der Waals surface area (Å²) < 4.78 is 0. The first-order chi connectivity index (χ1) is 7.16. The number of rotatable bonds is 5. The van der Waals surface area contributed by atoms with Crippen molar-refractivity contribution in [2.75, 3.05) is 0 Å². The molecule has 0 nitrogen and oxygen atoms in total. The number of unbranched alkanes of at least 4 members (excludes halogenated alkanes) is 1. The van der Waals surface area contributed by atoms with Crippen LogP contribution < -0.4 is 0 Å². The second kappa shape index (κ2) is 5.75. The Morgan fingerprint density at radius 1 is 1.40 bits per heavy atom. The Bertz CT molecular complexity index is 291. The molecule has 0 aromatic rings. The van der Waals surface area contributed by atoms with Crippen molar-refractivity contribution < 1.29 is 0 Å². The smallest absolute Gasteiger partial charge is 0.00742 e. The van der Waals surface area contributed by atoms with Gasteiger partial charge in [-0.1, -0.05) is 49.0 Å². The van der Waals surface area contributed by atoms with Crippen molar-refractivity contribution in [2.24, 2.45) is 5.41 Å². The highest BCUT2D eigenvalue weighted by Crippen LogP contribution is 2.33. The summed E-state index contributed by atoms with van der Waals surface area (Å²) in [5, 5.41) is 0. The summed E-state index contributed by atoms with van der Waals surface area (Å²) in [4.78, 5) is 0. The molecule has 0 saturated heterocycles. The molecule has 0 heterocycles. The first-order valence-electron chi connectivity index (χ1n) is 5.78. The lowest BCUT2D eigenvalue weighted by Gasteiger charge is -2.26. The van der Waals surface area contributed by atoms with Crippen LogP contribution in [0.2, 0.25) is 0 Å². The van der Waals surface area contributed by atoms with Crippen LogP contribution in [0.25, 0.3) is 0 Å². The zero-order valence-electron chi connectivity index (χ0n) is 10.00. The van der Waals surface area contributed by atoms with Gasteiger partial charge < -0.3 is 0 Å². The van der Waals surface area contributed by atoms with Gasteiger partial charge in [0.05, 0.1) is 0 Å². The highest BCUT2D eigenvalue weighted by atomic mass is 14.2. The van der Waals surface area contributed by atoms with Gasteiger partial charge in [0.1, 0.15) is 0 Å². The van der Waals surface area contributed by atoms with E-state index < -0.39 is 0 Å². The quantitative estimate of drug-likeness (QED) is 0.443. The third-order valence-corrected chi connectivity index (χ3v) is 2.93. The topological polar surface area (TPSA) is 0 Å². The van der Waals surface area contributed by atoms with Gasteiger partial charge in [-0.15, -0.1) is 6.58 Å². The van der Waals surface area contributed by atoms with Gasteiger partial charge in [0.2, 0.25) is 0 Å². The zero-order chi connectivity index (χ0) is 11.1. The Balaban J connectivity index is 2.35. The maximum absolute atomic E-state index is 3.72. The molecule has 1 rings (SSSR count). The van der Waals surface area contributed by atoms with Crippen molar-refractivity contribution >= 4 is 0 Å². The summed E-state index contributed by atoms with van der Waals surface area (Å²) in [6.45, 7) is 8.20. The van der Waals surface area contributed by atoms with E-state index in [1.807, 2.05) is 6.08 Å². The number of hydrogen-bond donors (Lipinski definition) is 0. The highest BCUT2D eigenvalue weighted by molar-refractivity contribution is 5.24. The van der Waals surface area contributed by atoms with Crippen LogP contribution in [0.1, 0.15) is 39.5 Å². The van der Waals surface area contributed by atoms with Crippen molar-refractivity contribution in [3.8, 4) is 0 Å². The van der Waals surface area contributed by atoms with E-state index in [-0.39, 0.29) is 0 Å². The van der Waals surface area contributed by atoms with Crippen LogP contribution in [0.15, 0.2) is 48.6 Å². The fourth-order valence-electron chi connectivity index (χ4n) is 1.70. The third kappa shape index (κ3) is 4.33. The van der Waals surface area contributed by atoms with Gasteiger partial charge in [0.15, 0.2) is 0 Å². The van der Waals surface area contributed by atoms with Gasteiger partial charge in [-0.05, 0) is 38.0 Å². The lowest BCUT2D eigenvalue weighted by Crippen LogP contribution is -2.13. The predicted octanol–water partition coefficient (Wildman–Crippen LogP) is 4.81. The van der Waals surface area contributed by atoms with Crippen LogP contribution in [-0.4, -0.2) is 0 Å². The van der Waals surface area contributed by atoms with Crippen molar-refractivity contribution in [3.63, 3.8) is 0 Å². The summed E-state index contributed by atoms with van der Waals surface area (Å²) in [7, 11) is 0. The van der Waals surface area contributed by atoms with E-state index in [9.17, 15) is 0 Å². The fourth-order valence-corrected chi connectivity index (χ4v) is 1.70. The van der Waals surface area contributed by atoms with Gasteiger partial charge in [0.25, 0.3) is 0 Å². The average Bonchev–Trinajstić information content (AvgIpc) is 2.23. The Labute approximate surface area is 94.1 Å². The molecule has 0 aliphatic heterocycles. The molecule has 0 bridgehead atoms. The minimum Gasteiger partial charge on any atom is -0.103 e. The molecule has 0 N–H and O–H groups in total. The van der Waals surface area contributed by atoms with Crippen LogP contribution >= 0.6 is 0 Å². The molecule has 15 heavy (non-hydrogen) atoms. The van der Waals surface area contributed by atoms with Crippen LogP contribution in [0.5, 0.6) is 0 Å². The molecule has 1 unspecified atom stereocenters. The van der Waals surface area contributed by atoms with E-state index in [0.717, 1.165) is 19.3 Å². The van der Waals surface area contributed by atoms with Gasteiger partial charge in [-0.2, -0.15) is 0 Å². The van der Waals surface area contributed by atoms with Gasteiger partial charge in [-0.25, -0.2) is 0 Å². The predicted molar refractivity (Wildman–Crippen MR) is 68.8 cm³/mol. The minimum absolute atomic E-state index is 0.337. The third-order valence-electron chi connectivity index (χ3n) is 2.93. The van der Waals surface area contributed by atoms with E-state index in [0.29, 0.717) is 5.41 Å². The molecule has 1 aliphatic carbocycles. The van der Waals surface area contributed by atoms with Crippen molar-refractivity contribution in [1.29, 1.82) is 0 Å². The van der Waals surface area contributed by atoms with E-state index in [1.165, 1.54) is 12.0 Å². The average molecular weight is 202 g/mol. The Morgan fingerprint density at radius 3 is 2.80 bits per heavy atom. The Kier molecular flexibility index (Phi) is 4.61. The van der Waals surface area contributed by atoms with E-state index >= 15 is 0 Å². The molecule has 0 saturated carbocycles. The molecule has 1 aliphatic rings. The van der Waals surface area contributed by atoms with Gasteiger partial charge in [0, 0.05) is 0 Å². The Hall–Kier alpha value is -1.04. The van der Waals surface area contributed by atoms with Crippen LogP contribution in [-0.2, 0) is 0 Å². The first kappa shape index (κ1) is 12.0. The van der Waals surface area contributed by atoms with Gasteiger partial charge in [-0.3, -0.25) is 0 Å². The fraction of sp³-hybridized carbons (Fsp3) is 0.467. The molecule has 0 spiro atoms. The molecule has 0 heteroatoms. The zero-order valence-corrected chi connectivity index (χ0v) is 10.00. The lowest BCUT2D eigenvalue weighted by molar-refractivity contribution is 0.434. The lowest BCUT2D eigenvalue weighted by atomic mass is 9.79. The van der Waals surface area contributed by atoms with Crippen LogP contribution in [0.4, 0.5) is 0 Å². The van der Waals surface area contributed by atoms with E-state index in [2.05, 4.69) is 50.8 Å². The summed E-state index contributed by atoms with van der Waals surface area (Å²) in [5.41, 5.74) is 1.73. The van der Waals surface area contributed by atoms with Crippen LogP contribution in [0.3, 0.4) is 0 Å². The number of allylic oxidation sites excluding steroid dienone is 7. The standard InChI is InChI=1S/C15H22/c1-4-5-6-7-8-11-15(3)12-9-14(2)10-13-15/h4,7-10,12H,1,5-6,11,13H2,2-3H3/b8-7-. The summed E-state index contributed by atoms with van der Waals surface area (Å²) in [5.74, 6) is 0. The molecule has 82 valence electrons. The molecular weight excluding hydrogens is 180 g/mol. The summed E-state index contributed by atoms with van der Waals surface area (Å²) in [6.07, 6.45) is 18.0. The maximum Gasteiger partial charge on any atom is -0.00742 e. The normalized spacial score (nSPS) is 25.6. The van der Waals surface area contributed by atoms with Gasteiger partial charge >= 0.3 is 0 Å². The highest BCUT2D eigenvalue weighted by Gasteiger charge is 2.19. The SMILES string of the molecule is C=CCC/C=C\CC1(C)C=CC(C)=CC1. The molecule has 1 atom stereocenters. The Morgan fingerprint density at radius 2 is 2.20 bits per heavy atom. The summed E-state index contributed by atoms with van der Waals surface area (Å²) in [6, 6.07) is 0. The molecular formula is C15H22. The largest absolute Gasteiger partial charge is 0.103 e. The molecule has 0 fully saturated rings. The molecule has 0 aromatic carbocycles. The van der Waals surface area contributed by atoms with E-state index in [1.54, 1.807) is 0 Å². The summed E-state index contributed by atoms with van der Waals surface area (Å²) >= 11 is 0. The number of hydrogen-bond acceptors (Lipinski definition) is 0. The van der Waals surface area contributed by atoms with Crippen molar-refractivity contribution in [3.05, 3.63) is 48.6 Å².